The lowest BCUT2D eigenvalue weighted by atomic mass is 9.91. The number of rotatable bonds is 4. The first-order valence-corrected chi connectivity index (χ1v) is 8.55. The molecule has 2 unspecified atom stereocenters. The third-order valence-electron chi connectivity index (χ3n) is 4.92. The van der Waals surface area contributed by atoms with Crippen LogP contribution in [0, 0.1) is 5.92 Å². The number of ether oxygens (including phenoxy) is 1. The van der Waals surface area contributed by atoms with E-state index in [4.69, 9.17) is 4.74 Å². The van der Waals surface area contributed by atoms with Crippen molar-refractivity contribution >= 4 is 16.9 Å². The van der Waals surface area contributed by atoms with Gasteiger partial charge in [-0.1, -0.05) is 38.5 Å². The maximum atomic E-state index is 12.7. The maximum Gasteiger partial charge on any atom is 0.340 e. The summed E-state index contributed by atoms with van der Waals surface area (Å²) in [5.74, 6) is 0.0785. The molecule has 1 aromatic carbocycles. The molecule has 2 heterocycles. The number of aromatic nitrogens is 1. The van der Waals surface area contributed by atoms with Crippen molar-refractivity contribution in [3.8, 4) is 0 Å². The van der Waals surface area contributed by atoms with Gasteiger partial charge in [-0.15, -0.1) is 0 Å². The number of nitrogens with zero attached hydrogens (tertiary/aromatic N) is 1. The third kappa shape index (κ3) is 3.27. The summed E-state index contributed by atoms with van der Waals surface area (Å²) in [6.45, 7) is 5.35. The molecule has 1 fully saturated rings. The van der Waals surface area contributed by atoms with Crippen LogP contribution in [0.4, 0.5) is 0 Å². The van der Waals surface area contributed by atoms with Gasteiger partial charge in [0.15, 0.2) is 0 Å². The summed E-state index contributed by atoms with van der Waals surface area (Å²) in [5, 5.41) is 0.928. The predicted molar refractivity (Wildman–Crippen MR) is 92.6 cm³/mol. The molecule has 1 aliphatic rings. The second-order valence-electron chi connectivity index (χ2n) is 6.91. The van der Waals surface area contributed by atoms with E-state index < -0.39 is 0 Å². The highest BCUT2D eigenvalue weighted by Gasteiger charge is 2.33. The molecule has 0 aliphatic carbocycles. The van der Waals surface area contributed by atoms with Gasteiger partial charge in [-0.05, 0) is 38.4 Å². The molecular weight excluding hydrogens is 288 g/mol. The van der Waals surface area contributed by atoms with Crippen LogP contribution in [0.5, 0.6) is 0 Å². The summed E-state index contributed by atoms with van der Waals surface area (Å²) in [6.07, 6.45) is 5.23. The molecule has 0 bridgehead atoms. The van der Waals surface area contributed by atoms with E-state index in [0.717, 1.165) is 23.9 Å². The molecule has 4 nitrogen and oxygen atoms in total. The minimum atomic E-state index is -0.222. The van der Waals surface area contributed by atoms with Gasteiger partial charge in [-0.25, -0.2) is 4.79 Å². The summed E-state index contributed by atoms with van der Waals surface area (Å²) in [6, 6.07) is 8.15. The molecule has 1 N–H and O–H groups in total. The number of para-hydroxylation sites is 1. The van der Waals surface area contributed by atoms with Gasteiger partial charge in [0.1, 0.15) is 6.10 Å². The van der Waals surface area contributed by atoms with Crippen molar-refractivity contribution in [2.45, 2.75) is 45.3 Å². The van der Waals surface area contributed by atoms with Gasteiger partial charge < -0.3 is 9.72 Å². The van der Waals surface area contributed by atoms with E-state index in [9.17, 15) is 4.79 Å². The molecule has 0 radical (unpaired) electrons. The second kappa shape index (κ2) is 6.75. The molecule has 2 aromatic rings. The Kier molecular flexibility index (Phi) is 4.71. The Morgan fingerprint density at radius 1 is 1.30 bits per heavy atom. The number of carbonyl (C=O) groups excluding carboxylic acids is 1. The van der Waals surface area contributed by atoms with Crippen LogP contribution < -0.4 is 0 Å². The SMILES string of the molecule is CC(C)C(OC(=O)c1c[nH]c2ccccc12)C1CCCCN1C. The smallest absolute Gasteiger partial charge is 0.340 e. The number of carbonyl (C=O) groups is 1. The fourth-order valence-electron chi connectivity index (χ4n) is 3.60. The lowest BCUT2D eigenvalue weighted by Crippen LogP contribution is -2.48. The Morgan fingerprint density at radius 3 is 2.83 bits per heavy atom. The van der Waals surface area contributed by atoms with E-state index in [0.29, 0.717) is 17.5 Å². The van der Waals surface area contributed by atoms with Crippen molar-refractivity contribution in [1.29, 1.82) is 0 Å². The zero-order valence-corrected chi connectivity index (χ0v) is 14.2. The first-order chi connectivity index (χ1) is 11.1. The van der Waals surface area contributed by atoms with E-state index in [1.54, 1.807) is 6.20 Å². The number of hydrogen-bond acceptors (Lipinski definition) is 3. The summed E-state index contributed by atoms with van der Waals surface area (Å²) < 4.78 is 5.97. The molecule has 0 saturated carbocycles. The van der Waals surface area contributed by atoms with Crippen LogP contribution in [-0.2, 0) is 4.74 Å². The summed E-state index contributed by atoms with van der Waals surface area (Å²) in [7, 11) is 2.14. The Labute approximate surface area is 137 Å². The Balaban J connectivity index is 1.81. The van der Waals surface area contributed by atoms with Gasteiger partial charge in [-0.2, -0.15) is 0 Å². The minimum Gasteiger partial charge on any atom is -0.457 e. The number of fused-ring (bicyclic) bond motifs is 1. The summed E-state index contributed by atoms with van der Waals surface area (Å²) in [5.41, 5.74) is 1.60. The summed E-state index contributed by atoms with van der Waals surface area (Å²) >= 11 is 0. The first-order valence-electron chi connectivity index (χ1n) is 8.55. The van der Waals surface area contributed by atoms with Crippen LogP contribution in [0.25, 0.3) is 10.9 Å². The van der Waals surface area contributed by atoms with Crippen molar-refractivity contribution in [2.75, 3.05) is 13.6 Å². The molecule has 4 heteroatoms. The topological polar surface area (TPSA) is 45.3 Å². The van der Waals surface area contributed by atoms with E-state index in [2.05, 4.69) is 30.8 Å². The molecule has 23 heavy (non-hydrogen) atoms. The highest BCUT2D eigenvalue weighted by atomic mass is 16.5. The molecule has 0 spiro atoms. The number of esters is 1. The summed E-state index contributed by atoms with van der Waals surface area (Å²) in [4.78, 5) is 18.2. The number of hydrogen-bond donors (Lipinski definition) is 1. The third-order valence-corrected chi connectivity index (χ3v) is 4.92. The highest BCUT2D eigenvalue weighted by molar-refractivity contribution is 6.04. The van der Waals surface area contributed by atoms with Gasteiger partial charge in [0.25, 0.3) is 0 Å². The van der Waals surface area contributed by atoms with Gasteiger partial charge in [0.05, 0.1) is 5.56 Å². The molecule has 3 rings (SSSR count). The van der Waals surface area contributed by atoms with E-state index in [-0.39, 0.29) is 12.1 Å². The maximum absolute atomic E-state index is 12.7. The Bertz CT molecular complexity index is 677. The van der Waals surface area contributed by atoms with Crippen molar-refractivity contribution < 1.29 is 9.53 Å². The van der Waals surface area contributed by atoms with E-state index in [1.807, 2.05) is 24.3 Å². The molecule has 1 aromatic heterocycles. The zero-order chi connectivity index (χ0) is 16.4. The number of nitrogens with one attached hydrogen (secondary N) is 1. The first kappa shape index (κ1) is 16.1. The second-order valence-corrected chi connectivity index (χ2v) is 6.91. The van der Waals surface area contributed by atoms with Crippen LogP contribution in [0.3, 0.4) is 0 Å². The Hall–Kier alpha value is -1.81. The number of H-pyrrole nitrogens is 1. The number of likely N-dealkylation sites (N-methyl/N-ethyl adjacent to an activating group) is 1. The standard InChI is InChI=1S/C19H26N2O2/c1-13(2)18(17-10-6-7-11-21(17)3)23-19(22)15-12-20-16-9-5-4-8-14(15)16/h4-5,8-9,12-13,17-18,20H,6-7,10-11H2,1-3H3. The van der Waals surface area contributed by atoms with Gasteiger partial charge in [0.2, 0.25) is 0 Å². The zero-order valence-electron chi connectivity index (χ0n) is 14.2. The van der Waals surface area contributed by atoms with Crippen LogP contribution in [0.15, 0.2) is 30.5 Å². The van der Waals surface area contributed by atoms with Crippen LogP contribution in [0.2, 0.25) is 0 Å². The number of likely N-dealkylation sites (tertiary alicyclic amines) is 1. The van der Waals surface area contributed by atoms with Gasteiger partial charge >= 0.3 is 5.97 Å². The van der Waals surface area contributed by atoms with E-state index in [1.165, 1.54) is 12.8 Å². The monoisotopic (exact) mass is 314 g/mol. The molecular formula is C19H26N2O2. The van der Waals surface area contributed by atoms with E-state index >= 15 is 0 Å². The number of benzene rings is 1. The quantitative estimate of drug-likeness (QED) is 0.872. The molecule has 1 aliphatic heterocycles. The van der Waals surface area contributed by atoms with Gasteiger partial charge in [0, 0.05) is 23.1 Å². The van der Waals surface area contributed by atoms with Crippen molar-refractivity contribution in [2.24, 2.45) is 5.92 Å². The highest BCUT2D eigenvalue weighted by Crippen LogP contribution is 2.26. The van der Waals surface area contributed by atoms with Crippen LogP contribution in [0.1, 0.15) is 43.5 Å². The van der Waals surface area contributed by atoms with Crippen molar-refractivity contribution in [3.63, 3.8) is 0 Å². The number of aromatic amines is 1. The fraction of sp³-hybridized carbons (Fsp3) is 0.526. The van der Waals surface area contributed by atoms with Crippen LogP contribution in [-0.4, -0.2) is 41.6 Å². The molecule has 2 atom stereocenters. The normalized spacial score (nSPS) is 20.8. The van der Waals surface area contributed by atoms with Crippen molar-refractivity contribution in [3.05, 3.63) is 36.0 Å². The molecule has 1 saturated heterocycles. The lowest BCUT2D eigenvalue weighted by Gasteiger charge is -2.39. The van der Waals surface area contributed by atoms with Crippen molar-refractivity contribution in [1.82, 2.24) is 9.88 Å². The lowest BCUT2D eigenvalue weighted by molar-refractivity contribution is -0.0233. The predicted octanol–water partition coefficient (Wildman–Crippen LogP) is 3.83. The average Bonchev–Trinajstić information content (AvgIpc) is 2.97. The van der Waals surface area contributed by atoms with Crippen LogP contribution >= 0.6 is 0 Å². The number of piperidine rings is 1. The Morgan fingerprint density at radius 2 is 2.09 bits per heavy atom. The largest absolute Gasteiger partial charge is 0.457 e. The van der Waals surface area contributed by atoms with Gasteiger partial charge in [-0.3, -0.25) is 4.90 Å². The molecule has 124 valence electrons. The average molecular weight is 314 g/mol. The molecule has 0 amide bonds. The fourth-order valence-corrected chi connectivity index (χ4v) is 3.60. The minimum absolute atomic E-state index is 0.0681.